The summed E-state index contributed by atoms with van der Waals surface area (Å²) < 4.78 is 7.17. The zero-order valence-corrected chi connectivity index (χ0v) is 17.7. The summed E-state index contributed by atoms with van der Waals surface area (Å²) in [6.45, 7) is 2.70. The first kappa shape index (κ1) is 20.3. The van der Waals surface area contributed by atoms with E-state index >= 15 is 0 Å². The Kier molecular flexibility index (Phi) is 5.92. The molecule has 0 saturated carbocycles. The average Bonchev–Trinajstić information content (AvgIpc) is 3.04. The molecule has 0 aliphatic carbocycles. The molecule has 2 heterocycles. The van der Waals surface area contributed by atoms with Gasteiger partial charge in [0.25, 0.3) is 11.1 Å². The van der Waals surface area contributed by atoms with Crippen LogP contribution in [-0.2, 0) is 6.42 Å². The van der Waals surface area contributed by atoms with Gasteiger partial charge in [-0.3, -0.25) is 9.59 Å². The Balaban J connectivity index is 1.68. The Morgan fingerprint density at radius 3 is 2.63 bits per heavy atom. The van der Waals surface area contributed by atoms with Crippen molar-refractivity contribution in [2.24, 2.45) is 0 Å². The first-order chi connectivity index (χ1) is 14.5. The molecule has 0 fully saturated rings. The molecular weight excluding hydrogens is 422 g/mol. The van der Waals surface area contributed by atoms with Gasteiger partial charge in [-0.05, 0) is 41.8 Å². The molecule has 0 atom stereocenters. The molecule has 0 unspecified atom stereocenters. The summed E-state index contributed by atoms with van der Waals surface area (Å²) in [4.78, 5) is 29.5. The summed E-state index contributed by atoms with van der Waals surface area (Å²) in [7, 11) is 0. The van der Waals surface area contributed by atoms with Gasteiger partial charge in [0.15, 0.2) is 0 Å². The number of halogens is 1. The van der Waals surface area contributed by atoms with E-state index in [0.29, 0.717) is 16.2 Å². The van der Waals surface area contributed by atoms with Crippen molar-refractivity contribution in [3.05, 3.63) is 95.6 Å². The molecule has 30 heavy (non-hydrogen) atoms. The molecule has 0 N–H and O–H groups in total. The summed E-state index contributed by atoms with van der Waals surface area (Å²) >= 11 is 7.29. The minimum absolute atomic E-state index is 0.217. The highest BCUT2D eigenvalue weighted by Gasteiger charge is 2.12. The van der Waals surface area contributed by atoms with Crippen molar-refractivity contribution < 1.29 is 4.74 Å². The Morgan fingerprint density at radius 2 is 1.90 bits per heavy atom. The predicted octanol–water partition coefficient (Wildman–Crippen LogP) is 3.09. The van der Waals surface area contributed by atoms with E-state index in [-0.39, 0.29) is 22.6 Å². The van der Waals surface area contributed by atoms with Gasteiger partial charge < -0.3 is 4.74 Å². The van der Waals surface area contributed by atoms with Crippen LogP contribution in [0.15, 0.2) is 58.1 Å². The number of fused-ring (bicyclic) bond motifs is 1. The van der Waals surface area contributed by atoms with Crippen LogP contribution in [0, 0.1) is 0 Å². The van der Waals surface area contributed by atoms with E-state index in [2.05, 4.69) is 10.1 Å². The molecule has 0 aliphatic heterocycles. The molecule has 4 aromatic rings. The molecule has 0 spiro atoms. The Hall–Kier alpha value is -3.03. The second-order valence-corrected chi connectivity index (χ2v) is 8.08. The van der Waals surface area contributed by atoms with Crippen LogP contribution in [0.2, 0.25) is 5.02 Å². The fourth-order valence-electron chi connectivity index (χ4n) is 2.90. The van der Waals surface area contributed by atoms with E-state index < -0.39 is 5.56 Å². The molecule has 0 amide bonds. The molecule has 6 nitrogen and oxygen atoms in total. The summed E-state index contributed by atoms with van der Waals surface area (Å²) in [6, 6.07) is 14.7. The number of hydrogen-bond donors (Lipinski definition) is 0. The van der Waals surface area contributed by atoms with Crippen LogP contribution in [0.3, 0.4) is 0 Å². The van der Waals surface area contributed by atoms with Gasteiger partial charge in [0.1, 0.15) is 11.4 Å². The van der Waals surface area contributed by atoms with Crippen molar-refractivity contribution in [1.82, 2.24) is 14.6 Å². The van der Waals surface area contributed by atoms with Crippen molar-refractivity contribution in [2.75, 3.05) is 6.61 Å². The van der Waals surface area contributed by atoms with Crippen LogP contribution in [0.1, 0.15) is 30.2 Å². The van der Waals surface area contributed by atoms with Gasteiger partial charge >= 0.3 is 0 Å². The van der Waals surface area contributed by atoms with Crippen LogP contribution in [0.25, 0.3) is 11.0 Å². The highest BCUT2D eigenvalue weighted by molar-refractivity contribution is 7.15. The zero-order valence-electron chi connectivity index (χ0n) is 16.2. The lowest BCUT2D eigenvalue weighted by Gasteiger charge is -2.05. The Bertz CT molecular complexity index is 1360. The highest BCUT2D eigenvalue weighted by atomic mass is 35.5. The van der Waals surface area contributed by atoms with Crippen LogP contribution >= 0.6 is 22.9 Å². The van der Waals surface area contributed by atoms with Crippen molar-refractivity contribution >= 4 is 34.0 Å². The van der Waals surface area contributed by atoms with Gasteiger partial charge in [-0.15, -0.1) is 0 Å². The standard InChI is InChI=1S/C22H18ClN3O3S/c1-2-11-29-16-9-7-14(8-10-16)12-18-20(27)24-22-26(25-18)21(28)19(30-22)13-15-5-3-4-6-17(15)23/h3-10,13H,2,11-12H2,1H3. The minimum atomic E-state index is -0.438. The van der Waals surface area contributed by atoms with Gasteiger partial charge in [-0.1, -0.05) is 60.2 Å². The fourth-order valence-corrected chi connectivity index (χ4v) is 3.99. The van der Waals surface area contributed by atoms with Gasteiger partial charge in [-0.25, -0.2) is 0 Å². The van der Waals surface area contributed by atoms with Crippen LogP contribution in [0.5, 0.6) is 5.75 Å². The SMILES string of the molecule is CCCOc1ccc(Cc2nn3c(=O)c(=Cc4ccccc4Cl)sc3nc2=O)cc1. The molecule has 8 heteroatoms. The number of nitrogens with zero attached hydrogens (tertiary/aromatic N) is 3. The number of benzene rings is 2. The number of hydrogen-bond acceptors (Lipinski definition) is 6. The highest BCUT2D eigenvalue weighted by Crippen LogP contribution is 2.16. The van der Waals surface area contributed by atoms with E-state index in [9.17, 15) is 9.59 Å². The quantitative estimate of drug-likeness (QED) is 0.461. The van der Waals surface area contributed by atoms with E-state index in [4.69, 9.17) is 16.3 Å². The molecule has 0 saturated heterocycles. The lowest BCUT2D eigenvalue weighted by Crippen LogP contribution is -2.28. The molecular formula is C22H18ClN3O3S. The van der Waals surface area contributed by atoms with Crippen LogP contribution < -0.4 is 20.4 Å². The first-order valence-electron chi connectivity index (χ1n) is 9.46. The van der Waals surface area contributed by atoms with Crippen molar-refractivity contribution in [1.29, 1.82) is 0 Å². The van der Waals surface area contributed by atoms with Crippen LogP contribution in [0.4, 0.5) is 0 Å². The van der Waals surface area contributed by atoms with E-state index in [1.54, 1.807) is 12.1 Å². The summed E-state index contributed by atoms with van der Waals surface area (Å²) in [5.74, 6) is 0.776. The van der Waals surface area contributed by atoms with E-state index in [1.165, 1.54) is 4.52 Å². The number of aromatic nitrogens is 3. The molecule has 2 aromatic heterocycles. The summed E-state index contributed by atoms with van der Waals surface area (Å²) in [5.41, 5.74) is 1.06. The molecule has 152 valence electrons. The fraction of sp³-hybridized carbons (Fsp3) is 0.182. The van der Waals surface area contributed by atoms with Crippen molar-refractivity contribution in [3.8, 4) is 5.75 Å². The molecule has 0 bridgehead atoms. The molecule has 4 rings (SSSR count). The topological polar surface area (TPSA) is 73.6 Å². The van der Waals surface area contributed by atoms with Crippen LogP contribution in [-0.4, -0.2) is 21.2 Å². The van der Waals surface area contributed by atoms with Gasteiger partial charge in [0.2, 0.25) is 4.96 Å². The number of ether oxygens (including phenoxy) is 1. The molecule has 0 aliphatic rings. The third kappa shape index (κ3) is 4.27. The average molecular weight is 440 g/mol. The van der Waals surface area contributed by atoms with Gasteiger partial charge in [0, 0.05) is 11.4 Å². The minimum Gasteiger partial charge on any atom is -0.494 e. The van der Waals surface area contributed by atoms with E-state index in [1.807, 2.05) is 49.4 Å². The normalized spacial score (nSPS) is 11.9. The summed E-state index contributed by atoms with van der Waals surface area (Å²) in [6.07, 6.45) is 2.90. The van der Waals surface area contributed by atoms with Crippen molar-refractivity contribution in [2.45, 2.75) is 19.8 Å². The smallest absolute Gasteiger partial charge is 0.296 e. The van der Waals surface area contributed by atoms with Gasteiger partial charge in [-0.2, -0.15) is 14.6 Å². The number of thiazole rings is 1. The second kappa shape index (κ2) is 8.77. The van der Waals surface area contributed by atoms with Gasteiger partial charge in [0.05, 0.1) is 11.1 Å². The Labute approximate surface area is 181 Å². The summed E-state index contributed by atoms with van der Waals surface area (Å²) in [5, 5.41) is 4.82. The predicted molar refractivity (Wildman–Crippen MR) is 119 cm³/mol. The first-order valence-corrected chi connectivity index (χ1v) is 10.7. The number of rotatable bonds is 6. The zero-order chi connectivity index (χ0) is 21.1. The monoisotopic (exact) mass is 439 g/mol. The molecule has 2 aromatic carbocycles. The maximum atomic E-state index is 12.8. The second-order valence-electron chi connectivity index (χ2n) is 6.66. The lowest BCUT2D eigenvalue weighted by molar-refractivity contribution is 0.317. The third-order valence-electron chi connectivity index (χ3n) is 4.41. The lowest BCUT2D eigenvalue weighted by atomic mass is 10.1. The largest absolute Gasteiger partial charge is 0.494 e. The van der Waals surface area contributed by atoms with E-state index in [0.717, 1.165) is 34.6 Å². The molecule has 0 radical (unpaired) electrons. The third-order valence-corrected chi connectivity index (χ3v) is 5.71. The van der Waals surface area contributed by atoms with Crippen molar-refractivity contribution in [3.63, 3.8) is 0 Å². The Morgan fingerprint density at radius 1 is 1.13 bits per heavy atom. The maximum Gasteiger partial charge on any atom is 0.296 e. The maximum absolute atomic E-state index is 12.8.